The molecule has 1 aromatic rings. The number of halogens is 1. The monoisotopic (exact) mass is 334 g/mol. The van der Waals surface area contributed by atoms with Crippen LogP contribution in [0.3, 0.4) is 0 Å². The summed E-state index contributed by atoms with van der Waals surface area (Å²) < 4.78 is 33.1. The Labute approximate surface area is 129 Å². The lowest BCUT2D eigenvalue weighted by Gasteiger charge is -2.11. The van der Waals surface area contributed by atoms with Gasteiger partial charge in [0.05, 0.1) is 18.1 Å². The molecule has 0 radical (unpaired) electrons. The van der Waals surface area contributed by atoms with Crippen LogP contribution in [0.5, 0.6) is 5.75 Å². The molecule has 1 rings (SSSR count). The molecule has 0 atom stereocenters. The lowest BCUT2D eigenvalue weighted by molar-refractivity contribution is 0.0493. The Morgan fingerprint density at radius 2 is 1.95 bits per heavy atom. The van der Waals surface area contributed by atoms with Gasteiger partial charge in [-0.1, -0.05) is 19.8 Å². The molecular weight excluding hydrogens is 316 g/mol. The Bertz CT molecular complexity index is 583. The Morgan fingerprint density at radius 1 is 1.24 bits per heavy atom. The van der Waals surface area contributed by atoms with E-state index in [1.807, 2.05) is 6.92 Å². The summed E-state index contributed by atoms with van der Waals surface area (Å²) in [7, 11) is 1.38. The van der Waals surface area contributed by atoms with Crippen molar-refractivity contribution in [2.75, 3.05) is 13.2 Å². The van der Waals surface area contributed by atoms with E-state index in [4.69, 9.17) is 20.2 Å². The number of rotatable bonds is 8. The van der Waals surface area contributed by atoms with Crippen molar-refractivity contribution >= 4 is 25.7 Å². The molecule has 7 heteroatoms. The Kier molecular flexibility index (Phi) is 6.98. The smallest absolute Gasteiger partial charge is 0.341 e. The molecule has 0 saturated carbocycles. The second-order valence-electron chi connectivity index (χ2n) is 4.37. The van der Waals surface area contributed by atoms with Crippen molar-refractivity contribution in [1.29, 1.82) is 0 Å². The molecule has 0 amide bonds. The van der Waals surface area contributed by atoms with Crippen molar-refractivity contribution in [2.45, 2.75) is 38.0 Å². The summed E-state index contributed by atoms with van der Waals surface area (Å²) in [5.41, 5.74) is 0.0649. The molecule has 0 saturated heterocycles. The minimum absolute atomic E-state index is 0.0649. The summed E-state index contributed by atoms with van der Waals surface area (Å²) in [5, 5.41) is 0. The van der Waals surface area contributed by atoms with Gasteiger partial charge in [0, 0.05) is 10.7 Å². The average molecular weight is 335 g/mol. The highest BCUT2D eigenvalue weighted by molar-refractivity contribution is 8.13. The van der Waals surface area contributed by atoms with Crippen molar-refractivity contribution in [3.63, 3.8) is 0 Å². The van der Waals surface area contributed by atoms with Gasteiger partial charge in [0.15, 0.2) is 0 Å². The third-order valence-electron chi connectivity index (χ3n) is 2.73. The quantitative estimate of drug-likeness (QED) is 0.414. The van der Waals surface area contributed by atoms with Crippen LogP contribution in [0.15, 0.2) is 23.1 Å². The van der Waals surface area contributed by atoms with Gasteiger partial charge in [-0.15, -0.1) is 0 Å². The van der Waals surface area contributed by atoms with E-state index in [1.54, 1.807) is 6.92 Å². The van der Waals surface area contributed by atoms with Crippen LogP contribution in [0.1, 0.15) is 43.5 Å². The van der Waals surface area contributed by atoms with Crippen LogP contribution >= 0.6 is 10.7 Å². The summed E-state index contributed by atoms with van der Waals surface area (Å²) >= 11 is 0. The zero-order valence-electron chi connectivity index (χ0n) is 12.1. The fourth-order valence-electron chi connectivity index (χ4n) is 1.70. The molecule has 0 fully saturated rings. The predicted molar refractivity (Wildman–Crippen MR) is 80.5 cm³/mol. The molecule has 0 aliphatic carbocycles. The molecule has 0 bridgehead atoms. The second kappa shape index (κ2) is 8.24. The average Bonchev–Trinajstić information content (AvgIpc) is 2.43. The first kappa shape index (κ1) is 17.8. The summed E-state index contributed by atoms with van der Waals surface area (Å²) in [5.74, 6) is -0.334. The van der Waals surface area contributed by atoms with E-state index in [9.17, 15) is 13.2 Å². The minimum atomic E-state index is -3.91. The maximum absolute atomic E-state index is 12.0. The van der Waals surface area contributed by atoms with E-state index >= 15 is 0 Å². The first-order valence-corrected chi connectivity index (χ1v) is 9.09. The maximum atomic E-state index is 12.0. The number of carbonyl (C=O) groups excluding carboxylic acids is 1. The highest BCUT2D eigenvalue weighted by Crippen LogP contribution is 2.25. The number of unbranched alkanes of at least 4 members (excludes halogenated alkanes) is 2. The Morgan fingerprint density at radius 3 is 2.52 bits per heavy atom. The van der Waals surface area contributed by atoms with Crippen molar-refractivity contribution in [1.82, 2.24) is 0 Å². The van der Waals surface area contributed by atoms with E-state index in [0.717, 1.165) is 19.3 Å². The van der Waals surface area contributed by atoms with E-state index in [0.29, 0.717) is 6.61 Å². The molecule has 21 heavy (non-hydrogen) atoms. The molecule has 0 unspecified atom stereocenters. The third-order valence-corrected chi connectivity index (χ3v) is 4.08. The zero-order valence-corrected chi connectivity index (χ0v) is 13.7. The van der Waals surface area contributed by atoms with Crippen LogP contribution in [0.4, 0.5) is 0 Å². The van der Waals surface area contributed by atoms with Crippen LogP contribution in [-0.4, -0.2) is 27.6 Å². The first-order chi connectivity index (χ1) is 9.90. The van der Waals surface area contributed by atoms with Crippen molar-refractivity contribution < 1.29 is 22.7 Å². The Balaban J connectivity index is 2.97. The van der Waals surface area contributed by atoms with Crippen LogP contribution in [0.25, 0.3) is 0 Å². The van der Waals surface area contributed by atoms with Crippen LogP contribution < -0.4 is 4.74 Å². The van der Waals surface area contributed by atoms with Crippen LogP contribution in [0, 0.1) is 0 Å². The number of carbonyl (C=O) groups is 1. The SMILES string of the molecule is CCCCCOC(=O)c1cc(S(=O)(=O)Cl)ccc1OCC. The summed E-state index contributed by atoms with van der Waals surface area (Å²) in [6, 6.07) is 3.87. The van der Waals surface area contributed by atoms with Gasteiger partial charge in [0.1, 0.15) is 11.3 Å². The predicted octanol–water partition coefficient (Wildman–Crippen LogP) is 3.36. The normalized spacial score (nSPS) is 11.2. The van der Waals surface area contributed by atoms with Gasteiger partial charge in [-0.2, -0.15) is 0 Å². The fourth-order valence-corrected chi connectivity index (χ4v) is 2.47. The molecule has 118 valence electrons. The highest BCUT2D eigenvalue weighted by atomic mass is 35.7. The van der Waals surface area contributed by atoms with Gasteiger partial charge >= 0.3 is 5.97 Å². The number of hydrogen-bond donors (Lipinski definition) is 0. The van der Waals surface area contributed by atoms with Gasteiger partial charge in [-0.25, -0.2) is 13.2 Å². The highest BCUT2D eigenvalue weighted by Gasteiger charge is 2.19. The van der Waals surface area contributed by atoms with Gasteiger partial charge < -0.3 is 9.47 Å². The van der Waals surface area contributed by atoms with E-state index in [-0.39, 0.29) is 22.8 Å². The summed E-state index contributed by atoms with van der Waals surface area (Å²) in [4.78, 5) is 11.9. The van der Waals surface area contributed by atoms with E-state index in [1.165, 1.54) is 18.2 Å². The third kappa shape index (κ3) is 5.55. The van der Waals surface area contributed by atoms with E-state index in [2.05, 4.69) is 0 Å². The summed E-state index contributed by atoms with van der Waals surface area (Å²) in [6.07, 6.45) is 2.74. The van der Waals surface area contributed by atoms with Gasteiger partial charge in [0.2, 0.25) is 0 Å². The lowest BCUT2D eigenvalue weighted by atomic mass is 10.2. The summed E-state index contributed by atoms with van der Waals surface area (Å²) in [6.45, 7) is 4.45. The molecule has 0 aliphatic rings. The molecule has 0 aliphatic heterocycles. The van der Waals surface area contributed by atoms with E-state index < -0.39 is 15.0 Å². The number of esters is 1. The molecule has 0 heterocycles. The van der Waals surface area contributed by atoms with Crippen LogP contribution in [-0.2, 0) is 13.8 Å². The maximum Gasteiger partial charge on any atom is 0.341 e. The Hall–Kier alpha value is -1.27. The zero-order chi connectivity index (χ0) is 15.9. The lowest BCUT2D eigenvalue weighted by Crippen LogP contribution is -2.10. The largest absolute Gasteiger partial charge is 0.493 e. The standard InChI is InChI=1S/C14H19ClO5S/c1-3-5-6-9-20-14(16)12-10-11(21(15,17)18)7-8-13(12)19-4-2/h7-8,10H,3-6,9H2,1-2H3. The first-order valence-electron chi connectivity index (χ1n) is 6.78. The van der Waals surface area contributed by atoms with Crippen molar-refractivity contribution in [3.8, 4) is 5.75 Å². The molecule has 1 aromatic carbocycles. The van der Waals surface area contributed by atoms with Gasteiger partial charge in [-0.05, 0) is 31.5 Å². The van der Waals surface area contributed by atoms with Gasteiger partial charge in [0.25, 0.3) is 9.05 Å². The fraction of sp³-hybridized carbons (Fsp3) is 0.500. The molecule has 0 aromatic heterocycles. The molecule has 0 N–H and O–H groups in total. The number of ether oxygens (including phenoxy) is 2. The molecule has 0 spiro atoms. The van der Waals surface area contributed by atoms with Crippen molar-refractivity contribution in [2.24, 2.45) is 0 Å². The molecule has 5 nitrogen and oxygen atoms in total. The second-order valence-corrected chi connectivity index (χ2v) is 6.94. The number of benzene rings is 1. The number of hydrogen-bond acceptors (Lipinski definition) is 5. The van der Waals surface area contributed by atoms with Crippen LogP contribution in [0.2, 0.25) is 0 Å². The molecular formula is C14H19ClO5S. The topological polar surface area (TPSA) is 69.7 Å². The minimum Gasteiger partial charge on any atom is -0.493 e. The van der Waals surface area contributed by atoms with Crippen molar-refractivity contribution in [3.05, 3.63) is 23.8 Å². The van der Waals surface area contributed by atoms with Gasteiger partial charge in [-0.3, -0.25) is 0 Å².